The van der Waals surface area contributed by atoms with E-state index in [1.807, 2.05) is 18.2 Å². The third kappa shape index (κ3) is 2.25. The van der Waals surface area contributed by atoms with E-state index >= 15 is 0 Å². The van der Waals surface area contributed by atoms with E-state index in [0.29, 0.717) is 5.75 Å². The highest BCUT2D eigenvalue weighted by Crippen LogP contribution is 2.26. The molecule has 0 aliphatic heterocycles. The van der Waals surface area contributed by atoms with Gasteiger partial charge in [0.25, 0.3) is 0 Å². The number of benzene rings is 1. The topological polar surface area (TPSA) is 59.4 Å². The Hall–Kier alpha value is -2.36. The Morgan fingerprint density at radius 2 is 2.24 bits per heavy atom. The number of pyridine rings is 1. The summed E-state index contributed by atoms with van der Waals surface area (Å²) in [6, 6.07) is 7.31. The standard InChI is InChI=1S/C13H11NO3/c1-17-11-4-2-3-10-9(5-6-12(15)16)7-8-14-13(10)11/h2-8H,1H3,(H,15,16)/b6-5+. The molecule has 0 fully saturated rings. The number of aromatic nitrogens is 1. The molecule has 1 aromatic heterocycles. The number of aliphatic carboxylic acids is 1. The molecule has 0 amide bonds. The zero-order valence-corrected chi connectivity index (χ0v) is 9.25. The zero-order chi connectivity index (χ0) is 12.3. The second-order valence-corrected chi connectivity index (χ2v) is 3.43. The Kier molecular flexibility index (Phi) is 3.05. The molecule has 2 aromatic rings. The highest BCUT2D eigenvalue weighted by molar-refractivity contribution is 5.94. The van der Waals surface area contributed by atoms with Gasteiger partial charge >= 0.3 is 5.97 Å². The number of para-hydroxylation sites is 1. The lowest BCUT2D eigenvalue weighted by molar-refractivity contribution is -0.131. The third-order valence-electron chi connectivity index (χ3n) is 2.39. The molecule has 0 unspecified atom stereocenters. The average molecular weight is 229 g/mol. The maximum Gasteiger partial charge on any atom is 0.328 e. The summed E-state index contributed by atoms with van der Waals surface area (Å²) >= 11 is 0. The van der Waals surface area contributed by atoms with Crippen molar-refractivity contribution in [3.63, 3.8) is 0 Å². The Labute approximate surface area is 98.2 Å². The molecular weight excluding hydrogens is 218 g/mol. The van der Waals surface area contributed by atoms with Crippen molar-refractivity contribution < 1.29 is 14.6 Å². The molecule has 0 bridgehead atoms. The SMILES string of the molecule is COc1cccc2c(/C=C/C(=O)O)ccnc12. The highest BCUT2D eigenvalue weighted by atomic mass is 16.5. The van der Waals surface area contributed by atoms with E-state index in [1.165, 1.54) is 0 Å². The summed E-state index contributed by atoms with van der Waals surface area (Å²) in [5.41, 5.74) is 1.53. The minimum absolute atomic E-state index is 0.674. The normalized spacial score (nSPS) is 10.9. The number of hydrogen-bond acceptors (Lipinski definition) is 3. The summed E-state index contributed by atoms with van der Waals surface area (Å²) in [7, 11) is 1.58. The molecule has 86 valence electrons. The maximum absolute atomic E-state index is 10.5. The van der Waals surface area contributed by atoms with Crippen LogP contribution in [0.15, 0.2) is 36.5 Å². The van der Waals surface area contributed by atoms with E-state index in [4.69, 9.17) is 9.84 Å². The summed E-state index contributed by atoms with van der Waals surface area (Å²) in [5, 5.41) is 9.49. The van der Waals surface area contributed by atoms with Crippen LogP contribution in [0.5, 0.6) is 5.75 Å². The van der Waals surface area contributed by atoms with E-state index in [-0.39, 0.29) is 0 Å². The molecule has 0 saturated heterocycles. The number of rotatable bonds is 3. The smallest absolute Gasteiger partial charge is 0.328 e. The van der Waals surface area contributed by atoms with Crippen molar-refractivity contribution in [1.29, 1.82) is 0 Å². The number of carboxylic acids is 1. The van der Waals surface area contributed by atoms with Crippen LogP contribution in [0.4, 0.5) is 0 Å². The van der Waals surface area contributed by atoms with Crippen LogP contribution in [0.3, 0.4) is 0 Å². The number of methoxy groups -OCH3 is 1. The number of nitrogens with zero attached hydrogens (tertiary/aromatic N) is 1. The lowest BCUT2D eigenvalue weighted by Crippen LogP contribution is -1.90. The predicted octanol–water partition coefficient (Wildman–Crippen LogP) is 2.34. The van der Waals surface area contributed by atoms with Crippen molar-refractivity contribution in [2.45, 2.75) is 0 Å². The van der Waals surface area contributed by atoms with Gasteiger partial charge in [-0.1, -0.05) is 12.1 Å². The van der Waals surface area contributed by atoms with Gasteiger partial charge in [0, 0.05) is 17.7 Å². The summed E-state index contributed by atoms with van der Waals surface area (Å²) in [5.74, 6) is -0.300. The fraction of sp³-hybridized carbons (Fsp3) is 0.0769. The Bertz CT molecular complexity index is 590. The van der Waals surface area contributed by atoms with E-state index in [9.17, 15) is 4.79 Å². The van der Waals surface area contributed by atoms with Gasteiger partial charge in [0.15, 0.2) is 0 Å². The molecule has 2 rings (SSSR count). The number of carboxylic acid groups (broad SMARTS) is 1. The fourth-order valence-electron chi connectivity index (χ4n) is 1.64. The quantitative estimate of drug-likeness (QED) is 0.820. The van der Waals surface area contributed by atoms with Crippen LogP contribution < -0.4 is 4.74 Å². The van der Waals surface area contributed by atoms with Gasteiger partial charge in [-0.15, -0.1) is 0 Å². The van der Waals surface area contributed by atoms with Gasteiger partial charge in [-0.25, -0.2) is 4.79 Å². The van der Waals surface area contributed by atoms with E-state index in [0.717, 1.165) is 22.5 Å². The molecular formula is C13H11NO3. The molecule has 0 saturated carbocycles. The average Bonchev–Trinajstić information content (AvgIpc) is 2.35. The molecule has 0 aliphatic carbocycles. The van der Waals surface area contributed by atoms with Crippen LogP contribution >= 0.6 is 0 Å². The maximum atomic E-state index is 10.5. The van der Waals surface area contributed by atoms with Crippen molar-refractivity contribution in [3.05, 3.63) is 42.1 Å². The lowest BCUT2D eigenvalue weighted by atomic mass is 10.1. The first-order valence-corrected chi connectivity index (χ1v) is 5.05. The monoisotopic (exact) mass is 229 g/mol. The minimum atomic E-state index is -0.974. The molecule has 17 heavy (non-hydrogen) atoms. The molecule has 0 radical (unpaired) electrons. The fourth-order valence-corrected chi connectivity index (χ4v) is 1.64. The molecule has 0 aliphatic rings. The third-order valence-corrected chi connectivity index (χ3v) is 2.39. The van der Waals surface area contributed by atoms with Gasteiger partial charge in [-0.3, -0.25) is 4.98 Å². The zero-order valence-electron chi connectivity index (χ0n) is 9.25. The molecule has 0 atom stereocenters. The molecule has 1 aromatic carbocycles. The second-order valence-electron chi connectivity index (χ2n) is 3.43. The summed E-state index contributed by atoms with van der Waals surface area (Å²) in [6.07, 6.45) is 4.28. The molecule has 0 spiro atoms. The summed E-state index contributed by atoms with van der Waals surface area (Å²) in [4.78, 5) is 14.7. The Balaban J connectivity index is 2.62. The number of hydrogen-bond donors (Lipinski definition) is 1. The Morgan fingerprint density at radius 1 is 1.41 bits per heavy atom. The predicted molar refractivity (Wildman–Crippen MR) is 65.0 cm³/mol. The largest absolute Gasteiger partial charge is 0.494 e. The van der Waals surface area contributed by atoms with Crippen LogP contribution in [-0.4, -0.2) is 23.2 Å². The summed E-state index contributed by atoms with van der Waals surface area (Å²) < 4.78 is 5.21. The Morgan fingerprint density at radius 3 is 2.94 bits per heavy atom. The highest BCUT2D eigenvalue weighted by Gasteiger charge is 2.04. The first-order chi connectivity index (χ1) is 8.22. The minimum Gasteiger partial charge on any atom is -0.494 e. The van der Waals surface area contributed by atoms with Gasteiger partial charge < -0.3 is 9.84 Å². The lowest BCUT2D eigenvalue weighted by Gasteiger charge is -2.05. The van der Waals surface area contributed by atoms with Crippen LogP contribution in [0.25, 0.3) is 17.0 Å². The number of fused-ring (bicyclic) bond motifs is 1. The first kappa shape index (κ1) is 11.1. The second kappa shape index (κ2) is 4.65. The molecule has 1 N–H and O–H groups in total. The van der Waals surface area contributed by atoms with E-state index < -0.39 is 5.97 Å². The van der Waals surface area contributed by atoms with Crippen molar-refractivity contribution in [1.82, 2.24) is 4.98 Å². The molecule has 1 heterocycles. The first-order valence-electron chi connectivity index (χ1n) is 5.05. The summed E-state index contributed by atoms with van der Waals surface area (Å²) in [6.45, 7) is 0. The number of ether oxygens (including phenoxy) is 1. The van der Waals surface area contributed by atoms with Gasteiger partial charge in [0.05, 0.1) is 7.11 Å². The van der Waals surface area contributed by atoms with Crippen molar-refractivity contribution in [2.24, 2.45) is 0 Å². The van der Waals surface area contributed by atoms with Crippen LogP contribution in [0.1, 0.15) is 5.56 Å². The van der Waals surface area contributed by atoms with Gasteiger partial charge in [0.2, 0.25) is 0 Å². The van der Waals surface area contributed by atoms with Gasteiger partial charge in [0.1, 0.15) is 11.3 Å². The molecule has 4 heteroatoms. The van der Waals surface area contributed by atoms with Crippen LogP contribution in [-0.2, 0) is 4.79 Å². The van der Waals surface area contributed by atoms with Crippen molar-refractivity contribution in [2.75, 3.05) is 7.11 Å². The number of carbonyl (C=O) groups is 1. The van der Waals surface area contributed by atoms with Crippen LogP contribution in [0, 0.1) is 0 Å². The molecule has 4 nitrogen and oxygen atoms in total. The van der Waals surface area contributed by atoms with Crippen molar-refractivity contribution in [3.8, 4) is 5.75 Å². The van der Waals surface area contributed by atoms with Crippen LogP contribution in [0.2, 0.25) is 0 Å². The van der Waals surface area contributed by atoms with E-state index in [2.05, 4.69) is 4.98 Å². The van der Waals surface area contributed by atoms with Crippen molar-refractivity contribution >= 4 is 22.9 Å². The van der Waals surface area contributed by atoms with Gasteiger partial charge in [-0.05, 0) is 23.8 Å². The van der Waals surface area contributed by atoms with Gasteiger partial charge in [-0.2, -0.15) is 0 Å². The van der Waals surface area contributed by atoms with E-state index in [1.54, 1.807) is 25.4 Å².